The number of rotatable bonds is 4. The van der Waals surface area contributed by atoms with Gasteiger partial charge in [0.1, 0.15) is 0 Å². The molecule has 0 radical (unpaired) electrons. The highest BCUT2D eigenvalue weighted by Crippen LogP contribution is 2.26. The lowest BCUT2D eigenvalue weighted by atomic mass is 10.2. The molecule has 1 aliphatic heterocycles. The summed E-state index contributed by atoms with van der Waals surface area (Å²) < 4.78 is 11.0. The average molecular weight is 185 g/mol. The Hall–Kier alpha value is -0.120. The fraction of sp³-hybridized carbons (Fsp3) is 1.00. The molecular formula is C10H19NO2. The van der Waals surface area contributed by atoms with E-state index in [1.165, 1.54) is 12.8 Å². The van der Waals surface area contributed by atoms with E-state index in [9.17, 15) is 0 Å². The van der Waals surface area contributed by atoms with E-state index in [0.29, 0.717) is 18.2 Å². The largest absolute Gasteiger partial charge is 0.380 e. The summed E-state index contributed by atoms with van der Waals surface area (Å²) in [6, 6.07) is 0.575. The Labute approximate surface area is 80.0 Å². The molecule has 0 aromatic rings. The van der Waals surface area contributed by atoms with Crippen molar-refractivity contribution in [3.8, 4) is 0 Å². The standard InChI is InChI=1S/C10H19NO2/c1-11-6-10(12-2)5-8(11)7-13-9-3-4-9/h8-10H,3-7H2,1-2H3. The Morgan fingerprint density at radius 3 is 2.62 bits per heavy atom. The minimum Gasteiger partial charge on any atom is -0.380 e. The second-order valence-electron chi connectivity index (χ2n) is 4.22. The Kier molecular flexibility index (Phi) is 2.86. The van der Waals surface area contributed by atoms with Crippen LogP contribution >= 0.6 is 0 Å². The van der Waals surface area contributed by atoms with Crippen LogP contribution < -0.4 is 0 Å². The van der Waals surface area contributed by atoms with Gasteiger partial charge >= 0.3 is 0 Å². The lowest BCUT2D eigenvalue weighted by Gasteiger charge is -2.18. The molecule has 0 bridgehead atoms. The number of hydrogen-bond acceptors (Lipinski definition) is 3. The molecule has 3 nitrogen and oxygen atoms in total. The molecule has 13 heavy (non-hydrogen) atoms. The van der Waals surface area contributed by atoms with Crippen molar-refractivity contribution in [2.75, 3.05) is 27.3 Å². The Morgan fingerprint density at radius 2 is 2.08 bits per heavy atom. The van der Waals surface area contributed by atoms with Crippen molar-refractivity contribution in [1.82, 2.24) is 4.90 Å². The highest BCUT2D eigenvalue weighted by Gasteiger charge is 2.31. The number of likely N-dealkylation sites (N-methyl/N-ethyl adjacent to an activating group) is 1. The quantitative estimate of drug-likeness (QED) is 0.649. The van der Waals surface area contributed by atoms with E-state index in [-0.39, 0.29) is 0 Å². The van der Waals surface area contributed by atoms with Gasteiger partial charge in [0.25, 0.3) is 0 Å². The van der Waals surface area contributed by atoms with E-state index >= 15 is 0 Å². The smallest absolute Gasteiger partial charge is 0.0714 e. The molecule has 0 aromatic heterocycles. The van der Waals surface area contributed by atoms with Gasteiger partial charge in [-0.1, -0.05) is 0 Å². The van der Waals surface area contributed by atoms with E-state index in [1.807, 2.05) is 0 Å². The number of ether oxygens (including phenoxy) is 2. The van der Waals surface area contributed by atoms with Crippen LogP contribution in [0.3, 0.4) is 0 Å². The first-order valence-corrected chi connectivity index (χ1v) is 5.14. The van der Waals surface area contributed by atoms with Crippen molar-refractivity contribution in [1.29, 1.82) is 0 Å². The fourth-order valence-electron chi connectivity index (χ4n) is 1.88. The van der Waals surface area contributed by atoms with Crippen molar-refractivity contribution in [3.05, 3.63) is 0 Å². The van der Waals surface area contributed by atoms with Crippen LogP contribution in [0.2, 0.25) is 0 Å². The van der Waals surface area contributed by atoms with Crippen LogP contribution in [0.1, 0.15) is 19.3 Å². The average Bonchev–Trinajstić information content (AvgIpc) is 2.88. The van der Waals surface area contributed by atoms with Gasteiger partial charge in [-0.15, -0.1) is 0 Å². The fourth-order valence-corrected chi connectivity index (χ4v) is 1.88. The maximum absolute atomic E-state index is 5.70. The Morgan fingerprint density at radius 1 is 1.31 bits per heavy atom. The molecular weight excluding hydrogens is 166 g/mol. The van der Waals surface area contributed by atoms with Gasteiger partial charge in [-0.25, -0.2) is 0 Å². The highest BCUT2D eigenvalue weighted by molar-refractivity contribution is 4.84. The third-order valence-corrected chi connectivity index (χ3v) is 3.03. The third-order valence-electron chi connectivity index (χ3n) is 3.03. The number of likely N-dealkylation sites (tertiary alicyclic amines) is 1. The molecule has 1 heterocycles. The van der Waals surface area contributed by atoms with Crippen LogP contribution in [0.5, 0.6) is 0 Å². The zero-order valence-corrected chi connectivity index (χ0v) is 8.53. The number of methoxy groups -OCH3 is 1. The van der Waals surface area contributed by atoms with Crippen LogP contribution in [0.4, 0.5) is 0 Å². The number of nitrogens with zero attached hydrogens (tertiary/aromatic N) is 1. The van der Waals surface area contributed by atoms with Crippen molar-refractivity contribution >= 4 is 0 Å². The van der Waals surface area contributed by atoms with Crippen molar-refractivity contribution in [3.63, 3.8) is 0 Å². The molecule has 2 unspecified atom stereocenters. The molecule has 76 valence electrons. The molecule has 2 atom stereocenters. The molecule has 1 saturated heterocycles. The lowest BCUT2D eigenvalue weighted by molar-refractivity contribution is 0.0732. The van der Waals surface area contributed by atoms with Gasteiger partial charge in [0.2, 0.25) is 0 Å². The van der Waals surface area contributed by atoms with Gasteiger partial charge in [-0.05, 0) is 26.3 Å². The summed E-state index contributed by atoms with van der Waals surface area (Å²) in [5.41, 5.74) is 0. The Bertz CT molecular complexity index is 170. The van der Waals surface area contributed by atoms with Gasteiger partial charge in [0.15, 0.2) is 0 Å². The summed E-state index contributed by atoms with van der Waals surface area (Å²) in [6.45, 7) is 1.94. The van der Waals surface area contributed by atoms with Crippen LogP contribution in [0.15, 0.2) is 0 Å². The van der Waals surface area contributed by atoms with E-state index in [0.717, 1.165) is 19.6 Å². The van der Waals surface area contributed by atoms with Crippen LogP contribution in [0.25, 0.3) is 0 Å². The summed E-state index contributed by atoms with van der Waals surface area (Å²) in [6.07, 6.45) is 4.65. The third kappa shape index (κ3) is 2.42. The molecule has 0 spiro atoms. The summed E-state index contributed by atoms with van der Waals surface area (Å²) in [5, 5.41) is 0. The molecule has 1 aliphatic carbocycles. The SMILES string of the molecule is COC1CC(COC2CC2)N(C)C1. The van der Waals surface area contributed by atoms with E-state index < -0.39 is 0 Å². The van der Waals surface area contributed by atoms with E-state index in [1.54, 1.807) is 7.11 Å². The van der Waals surface area contributed by atoms with Gasteiger partial charge in [0, 0.05) is 19.7 Å². The van der Waals surface area contributed by atoms with Crippen molar-refractivity contribution in [2.24, 2.45) is 0 Å². The molecule has 3 heteroatoms. The second-order valence-corrected chi connectivity index (χ2v) is 4.22. The van der Waals surface area contributed by atoms with E-state index in [2.05, 4.69) is 11.9 Å². The van der Waals surface area contributed by atoms with E-state index in [4.69, 9.17) is 9.47 Å². The van der Waals surface area contributed by atoms with Gasteiger partial charge in [-0.2, -0.15) is 0 Å². The highest BCUT2D eigenvalue weighted by atomic mass is 16.5. The maximum Gasteiger partial charge on any atom is 0.0714 e. The van der Waals surface area contributed by atoms with Gasteiger partial charge in [-0.3, -0.25) is 4.90 Å². The van der Waals surface area contributed by atoms with Crippen molar-refractivity contribution < 1.29 is 9.47 Å². The normalized spacial score (nSPS) is 35.5. The molecule has 0 N–H and O–H groups in total. The molecule has 2 aliphatic rings. The topological polar surface area (TPSA) is 21.7 Å². The van der Waals surface area contributed by atoms with Crippen LogP contribution in [-0.2, 0) is 9.47 Å². The summed E-state index contributed by atoms with van der Waals surface area (Å²) in [4.78, 5) is 2.34. The van der Waals surface area contributed by atoms with Gasteiger partial charge in [0.05, 0.1) is 18.8 Å². The molecule has 2 fully saturated rings. The van der Waals surface area contributed by atoms with Crippen LogP contribution in [-0.4, -0.2) is 50.5 Å². The Balaban J connectivity index is 1.71. The zero-order valence-electron chi connectivity index (χ0n) is 8.53. The van der Waals surface area contributed by atoms with Gasteiger partial charge < -0.3 is 9.47 Å². The minimum absolute atomic E-state index is 0.415. The minimum atomic E-state index is 0.415. The molecule has 2 rings (SSSR count). The summed E-state index contributed by atoms with van der Waals surface area (Å²) in [7, 11) is 3.95. The number of hydrogen-bond donors (Lipinski definition) is 0. The molecule has 0 aromatic carbocycles. The first-order valence-electron chi connectivity index (χ1n) is 5.14. The van der Waals surface area contributed by atoms with Crippen LogP contribution in [0, 0.1) is 0 Å². The molecule has 1 saturated carbocycles. The molecule has 0 amide bonds. The first kappa shape index (κ1) is 9.44. The monoisotopic (exact) mass is 185 g/mol. The predicted octanol–water partition coefficient (Wildman–Crippen LogP) is 0.884. The lowest BCUT2D eigenvalue weighted by Crippen LogP contribution is -2.29. The predicted molar refractivity (Wildman–Crippen MR) is 50.8 cm³/mol. The maximum atomic E-state index is 5.70. The zero-order chi connectivity index (χ0) is 9.26. The van der Waals surface area contributed by atoms with Crippen molar-refractivity contribution in [2.45, 2.75) is 37.5 Å². The summed E-state index contributed by atoms with van der Waals surface area (Å²) in [5.74, 6) is 0. The summed E-state index contributed by atoms with van der Waals surface area (Å²) >= 11 is 0. The first-order chi connectivity index (χ1) is 6.29. The second kappa shape index (κ2) is 3.95.